The van der Waals surface area contributed by atoms with Gasteiger partial charge in [0.2, 0.25) is 0 Å². The van der Waals surface area contributed by atoms with Crippen LogP contribution in [-0.4, -0.2) is 4.98 Å². The molecule has 1 aliphatic carbocycles. The van der Waals surface area contributed by atoms with Crippen molar-refractivity contribution in [1.82, 2.24) is 4.98 Å². The fraction of sp³-hybridized carbons (Fsp3) is 0.300. The Labute approximate surface area is 177 Å². The molecule has 1 heterocycles. The van der Waals surface area contributed by atoms with Gasteiger partial charge in [-0.05, 0) is 5.41 Å². The van der Waals surface area contributed by atoms with Gasteiger partial charge in [0, 0.05) is 0 Å². The van der Waals surface area contributed by atoms with Crippen LogP contribution in [0.5, 0.6) is 0 Å². The van der Waals surface area contributed by atoms with E-state index in [0.717, 1.165) is 0 Å². The summed E-state index contributed by atoms with van der Waals surface area (Å²) in [5.41, 5.74) is 4.03. The van der Waals surface area contributed by atoms with Crippen LogP contribution in [0.15, 0.2) is 47.7 Å². The van der Waals surface area contributed by atoms with Gasteiger partial charge in [-0.2, -0.15) is 12.3 Å². The van der Waals surface area contributed by atoms with Crippen molar-refractivity contribution in [3.8, 4) is 0 Å². The van der Waals surface area contributed by atoms with Crippen molar-refractivity contribution in [2.75, 3.05) is 0 Å². The van der Waals surface area contributed by atoms with Crippen molar-refractivity contribution in [3.05, 3.63) is 69.9 Å². The van der Waals surface area contributed by atoms with Crippen LogP contribution in [-0.2, 0) is 31.6 Å². The van der Waals surface area contributed by atoms with E-state index >= 15 is 0 Å². The molecule has 24 heavy (non-hydrogen) atoms. The molecule has 2 aromatic rings. The third kappa shape index (κ3) is 7.13. The normalized spacial score (nSPS) is 11.1. The van der Waals surface area contributed by atoms with Gasteiger partial charge in [-0.15, -0.1) is 51.6 Å². The first-order valence-corrected chi connectivity index (χ1v) is 7.32. The first kappa shape index (κ1) is 25.7. The molecule has 0 unspecified atom stereocenters. The Morgan fingerprint density at radius 1 is 1.00 bits per heavy atom. The number of halogens is 2. The summed E-state index contributed by atoms with van der Waals surface area (Å²) in [6.07, 6.45) is 10.5. The van der Waals surface area contributed by atoms with Crippen molar-refractivity contribution >= 4 is 12.2 Å². The van der Waals surface area contributed by atoms with Gasteiger partial charge in [0.1, 0.15) is 0 Å². The van der Waals surface area contributed by atoms with Crippen LogP contribution >= 0.6 is 0 Å². The molecule has 0 bridgehead atoms. The molecule has 1 aliphatic rings. The van der Waals surface area contributed by atoms with E-state index in [9.17, 15) is 0 Å². The summed E-state index contributed by atoms with van der Waals surface area (Å²) in [5.74, 6) is 0. The second-order valence-corrected chi connectivity index (χ2v) is 6.54. The largest absolute Gasteiger partial charge is 4.00 e. The molecule has 0 saturated carbocycles. The third-order valence-electron chi connectivity index (χ3n) is 3.42. The molecule has 1 aromatic carbocycles. The Morgan fingerprint density at radius 3 is 2.04 bits per heavy atom. The predicted molar refractivity (Wildman–Crippen MR) is 90.3 cm³/mol. The monoisotopic (exact) mass is 437 g/mol. The molecular formula is C20H23Cl2NZr. The second kappa shape index (κ2) is 11.1. The van der Waals surface area contributed by atoms with E-state index in [1.807, 2.05) is 12.3 Å². The summed E-state index contributed by atoms with van der Waals surface area (Å²) in [7, 11) is 0. The minimum atomic E-state index is 0. The van der Waals surface area contributed by atoms with Gasteiger partial charge in [-0.3, -0.25) is 0 Å². The average Bonchev–Trinajstić information content (AvgIpc) is 3.08. The van der Waals surface area contributed by atoms with Crippen LogP contribution in [0.2, 0.25) is 0 Å². The van der Waals surface area contributed by atoms with E-state index in [1.165, 1.54) is 27.1 Å². The molecule has 1 aromatic heterocycles. The summed E-state index contributed by atoms with van der Waals surface area (Å²) in [6.45, 7) is 10.8. The Balaban J connectivity index is 0. The van der Waals surface area contributed by atoms with Gasteiger partial charge < -0.3 is 29.8 Å². The molecule has 0 radical (unpaired) electrons. The van der Waals surface area contributed by atoms with Gasteiger partial charge in [0.25, 0.3) is 0 Å². The van der Waals surface area contributed by atoms with Crippen LogP contribution < -0.4 is 35.3 Å². The van der Waals surface area contributed by atoms with Crippen molar-refractivity contribution in [3.63, 3.8) is 0 Å². The van der Waals surface area contributed by atoms with Crippen LogP contribution in [0.3, 0.4) is 0 Å². The van der Waals surface area contributed by atoms with E-state index in [-0.39, 0.29) is 56.4 Å². The smallest absolute Gasteiger partial charge is 1.00 e. The molecule has 126 valence electrons. The maximum absolute atomic E-state index is 3.36. The van der Waals surface area contributed by atoms with E-state index in [2.05, 4.69) is 82.2 Å². The zero-order chi connectivity index (χ0) is 15.5. The maximum atomic E-state index is 3.36. The van der Waals surface area contributed by atoms with Gasteiger partial charge in [0.05, 0.1) is 0 Å². The minimum Gasteiger partial charge on any atom is -1.00 e. The van der Waals surface area contributed by atoms with Crippen molar-refractivity contribution in [2.24, 2.45) is 0 Å². The quantitative estimate of drug-likeness (QED) is 0.441. The average molecular weight is 440 g/mol. The Hall–Kier alpha value is -0.557. The number of benzene rings is 1. The number of fused-ring (bicyclic) bond motifs is 1. The van der Waals surface area contributed by atoms with E-state index in [1.54, 1.807) is 0 Å². The van der Waals surface area contributed by atoms with Crippen molar-refractivity contribution in [2.45, 2.75) is 40.0 Å². The van der Waals surface area contributed by atoms with Crippen LogP contribution in [0.4, 0.5) is 0 Å². The van der Waals surface area contributed by atoms with E-state index in [0.29, 0.717) is 0 Å². The summed E-state index contributed by atoms with van der Waals surface area (Å²) >= 11 is 0. The first-order chi connectivity index (χ1) is 9.88. The maximum Gasteiger partial charge on any atom is 4.00 e. The number of nitrogens with one attached hydrogen (secondary N) is 1. The topological polar surface area (TPSA) is 15.8 Å². The molecule has 0 fully saturated rings. The zero-order valence-electron chi connectivity index (χ0n) is 14.8. The minimum absolute atomic E-state index is 0. The number of aromatic amines is 1. The number of H-pyrrole nitrogens is 1. The van der Waals surface area contributed by atoms with Gasteiger partial charge in [-0.1, -0.05) is 52.8 Å². The summed E-state index contributed by atoms with van der Waals surface area (Å²) < 4.78 is 0. The Kier molecular flexibility index (Phi) is 11.9. The molecule has 1 N–H and O–H groups in total. The molecule has 0 atom stereocenters. The van der Waals surface area contributed by atoms with E-state index < -0.39 is 0 Å². The standard InChI is InChI=1S/C12H11.C8H12N.2ClH.Zr/c1-9(2)12-7-10-5-3-4-6-11(10)8-12;1-8(2,3)7-4-5-9-6-7;;;/h3-7H,1-2H3;4-5,9H,1-3H3;2*1H;/q2*-1;;;+4/p-2. The Morgan fingerprint density at radius 2 is 1.62 bits per heavy atom. The number of rotatable bonds is 0. The number of aromatic nitrogens is 1. The second-order valence-electron chi connectivity index (χ2n) is 6.54. The number of hydrogen-bond acceptors (Lipinski definition) is 0. The molecule has 3 rings (SSSR count). The molecule has 0 saturated heterocycles. The molecule has 0 spiro atoms. The number of hydrogen-bond donors (Lipinski definition) is 1. The van der Waals surface area contributed by atoms with Crippen LogP contribution in [0.1, 0.15) is 40.2 Å². The summed E-state index contributed by atoms with van der Waals surface area (Å²) in [6, 6.07) is 10.4. The van der Waals surface area contributed by atoms with Gasteiger partial charge >= 0.3 is 26.2 Å². The molecule has 1 nitrogen and oxygen atoms in total. The first-order valence-electron chi connectivity index (χ1n) is 7.32. The summed E-state index contributed by atoms with van der Waals surface area (Å²) in [5, 5.41) is 2.50. The zero-order valence-corrected chi connectivity index (χ0v) is 18.8. The SMILES string of the molecule is CC(C)(C)c1[c-][nH]cc1.CC(C)=C1[C-]=c2ccccc2=C1.[Cl-].[Cl-].[Zr+4]. The number of allylic oxidation sites excluding steroid dienone is 2. The third-order valence-corrected chi connectivity index (χ3v) is 3.42. The van der Waals surface area contributed by atoms with Crippen molar-refractivity contribution in [1.29, 1.82) is 0 Å². The fourth-order valence-corrected chi connectivity index (χ4v) is 2.07. The van der Waals surface area contributed by atoms with E-state index in [4.69, 9.17) is 0 Å². The van der Waals surface area contributed by atoms with Gasteiger partial charge in [-0.25, -0.2) is 0 Å². The molecule has 4 heteroatoms. The molecule has 0 aliphatic heterocycles. The van der Waals surface area contributed by atoms with Crippen LogP contribution in [0, 0.1) is 6.20 Å². The molecule has 0 amide bonds. The summed E-state index contributed by atoms with van der Waals surface area (Å²) in [4.78, 5) is 2.91. The Bertz CT molecular complexity index is 713. The van der Waals surface area contributed by atoms with Gasteiger partial charge in [0.15, 0.2) is 0 Å². The van der Waals surface area contributed by atoms with Crippen LogP contribution in [0.25, 0.3) is 12.2 Å². The fourth-order valence-electron chi connectivity index (χ4n) is 2.07. The van der Waals surface area contributed by atoms with Crippen molar-refractivity contribution < 1.29 is 51.0 Å². The predicted octanol–water partition coefficient (Wildman–Crippen LogP) is -2.41. The molecular weight excluding hydrogens is 416 g/mol.